The number of nitrogens with zero attached hydrogens (tertiary/aromatic N) is 2. The molecule has 0 amide bonds. The minimum atomic E-state index is -0.757. The fraction of sp³-hybridized carbons (Fsp3) is 0.0820. The summed E-state index contributed by atoms with van der Waals surface area (Å²) in [4.78, 5) is 4.50. The van der Waals surface area contributed by atoms with Gasteiger partial charge < -0.3 is 14.2 Å². The van der Waals surface area contributed by atoms with Crippen molar-refractivity contribution in [3.63, 3.8) is 0 Å². The summed E-state index contributed by atoms with van der Waals surface area (Å²) < 4.78 is 38.2. The Hall–Kier alpha value is -8.02. The van der Waals surface area contributed by atoms with Gasteiger partial charge in [0.2, 0.25) is 0 Å². The van der Waals surface area contributed by atoms with Gasteiger partial charge in [0.15, 0.2) is 0 Å². The molecule has 1 heterocycles. The number of anilines is 5. The standard InChI is InChI=1S/C61H42F2N2O/c1-37-25-29-41(30-26-37)64(43-15-11-13-39(62)33-43)54-35-52-57(48-20-4-3-19-47(48)54)59-53(61(52)50-22-8-5-17-45(50)46-18-6-9-23-51(46)61)36-55(60-58(59)49-21-7-10-24-56(49)66-60)65(42-31-27-38(2)28-32-42)44-16-12-14-40(63)34-44/h3-35,55H,36H2,1-2H3. The van der Waals surface area contributed by atoms with Gasteiger partial charge >= 0.3 is 0 Å². The number of halogens is 2. The molecule has 10 aromatic rings. The predicted molar refractivity (Wildman–Crippen MR) is 264 cm³/mol. The minimum Gasteiger partial charge on any atom is -0.458 e. The number of hydrogen-bond donors (Lipinski definition) is 0. The highest BCUT2D eigenvalue weighted by atomic mass is 19.1. The predicted octanol–water partition coefficient (Wildman–Crippen LogP) is 16.4. The molecule has 0 saturated carbocycles. The van der Waals surface area contributed by atoms with Crippen LogP contribution in [-0.4, -0.2) is 0 Å². The average Bonchev–Trinajstić information content (AvgIpc) is 3.97. The van der Waals surface area contributed by atoms with Crippen molar-refractivity contribution in [1.82, 2.24) is 0 Å². The molecule has 66 heavy (non-hydrogen) atoms. The zero-order chi connectivity index (χ0) is 44.3. The van der Waals surface area contributed by atoms with E-state index in [0.29, 0.717) is 6.42 Å². The summed E-state index contributed by atoms with van der Waals surface area (Å²) in [6.07, 6.45) is 0.569. The van der Waals surface area contributed by atoms with E-state index in [0.717, 1.165) is 83.8 Å². The molecular formula is C61H42F2N2O. The van der Waals surface area contributed by atoms with Crippen molar-refractivity contribution >= 4 is 55.8 Å². The zero-order valence-electron chi connectivity index (χ0n) is 36.4. The van der Waals surface area contributed by atoms with Crippen LogP contribution in [0.25, 0.3) is 38.4 Å². The van der Waals surface area contributed by atoms with Gasteiger partial charge in [-0.25, -0.2) is 8.78 Å². The van der Waals surface area contributed by atoms with Crippen LogP contribution in [0.3, 0.4) is 0 Å². The van der Waals surface area contributed by atoms with Gasteiger partial charge in [0.05, 0.1) is 17.1 Å². The second kappa shape index (κ2) is 14.5. The van der Waals surface area contributed by atoms with E-state index in [2.05, 4.69) is 169 Å². The first-order chi connectivity index (χ1) is 32.4. The van der Waals surface area contributed by atoms with Crippen molar-refractivity contribution in [3.05, 3.63) is 262 Å². The van der Waals surface area contributed by atoms with E-state index in [1.165, 1.54) is 45.5 Å². The maximum Gasteiger partial charge on any atom is 0.136 e. The summed E-state index contributed by atoms with van der Waals surface area (Å²) in [6, 6.07) is 67.7. The van der Waals surface area contributed by atoms with Crippen LogP contribution in [0.1, 0.15) is 57.2 Å². The summed E-state index contributed by atoms with van der Waals surface area (Å²) in [5.74, 6) is 0.240. The smallest absolute Gasteiger partial charge is 0.136 e. The molecule has 5 heteroatoms. The van der Waals surface area contributed by atoms with E-state index in [1.807, 2.05) is 18.2 Å². The Kier molecular flexibility index (Phi) is 8.44. The number of benzene rings is 9. The van der Waals surface area contributed by atoms with Gasteiger partial charge in [0.1, 0.15) is 23.0 Å². The van der Waals surface area contributed by atoms with Crippen LogP contribution in [-0.2, 0) is 5.41 Å². The molecule has 3 nitrogen and oxygen atoms in total. The zero-order valence-corrected chi connectivity index (χ0v) is 36.4. The lowest BCUT2D eigenvalue weighted by Gasteiger charge is -2.40. The molecule has 0 N–H and O–H groups in total. The Morgan fingerprint density at radius 2 is 1.05 bits per heavy atom. The van der Waals surface area contributed by atoms with Gasteiger partial charge in [0, 0.05) is 39.1 Å². The molecule has 0 bridgehead atoms. The maximum absolute atomic E-state index is 15.6. The fourth-order valence-corrected chi connectivity index (χ4v) is 11.6. The van der Waals surface area contributed by atoms with Gasteiger partial charge in [0.25, 0.3) is 0 Å². The van der Waals surface area contributed by atoms with Crippen LogP contribution < -0.4 is 9.80 Å². The van der Waals surface area contributed by atoms with E-state index in [-0.39, 0.29) is 17.7 Å². The first-order valence-electron chi connectivity index (χ1n) is 22.6. The quantitative estimate of drug-likeness (QED) is 0.166. The summed E-state index contributed by atoms with van der Waals surface area (Å²) in [5.41, 5.74) is 17.3. The maximum atomic E-state index is 15.6. The van der Waals surface area contributed by atoms with Gasteiger partial charge in [-0.3, -0.25) is 0 Å². The van der Waals surface area contributed by atoms with Crippen molar-refractivity contribution in [2.45, 2.75) is 31.7 Å². The van der Waals surface area contributed by atoms with E-state index in [4.69, 9.17) is 4.42 Å². The molecule has 1 unspecified atom stereocenters. The molecule has 0 fully saturated rings. The Morgan fingerprint density at radius 1 is 0.485 bits per heavy atom. The number of aryl methyl sites for hydroxylation is 2. The third-order valence-corrected chi connectivity index (χ3v) is 14.3. The van der Waals surface area contributed by atoms with Crippen molar-refractivity contribution in [3.8, 4) is 11.1 Å². The summed E-state index contributed by atoms with van der Waals surface area (Å²) in [5, 5.41) is 3.17. The summed E-state index contributed by atoms with van der Waals surface area (Å²) >= 11 is 0. The van der Waals surface area contributed by atoms with Crippen LogP contribution in [0.15, 0.2) is 210 Å². The van der Waals surface area contributed by atoms with E-state index < -0.39 is 5.41 Å². The van der Waals surface area contributed by atoms with Crippen LogP contribution >= 0.6 is 0 Å². The molecule has 9 aromatic carbocycles. The molecule has 1 atom stereocenters. The highest BCUT2D eigenvalue weighted by molar-refractivity contribution is 6.15. The molecule has 3 aliphatic carbocycles. The number of rotatable bonds is 6. The highest BCUT2D eigenvalue weighted by Crippen LogP contribution is 2.68. The largest absolute Gasteiger partial charge is 0.458 e. The molecule has 0 aliphatic heterocycles. The summed E-state index contributed by atoms with van der Waals surface area (Å²) in [6.45, 7) is 4.18. The lowest BCUT2D eigenvalue weighted by atomic mass is 9.66. The number of para-hydroxylation sites is 1. The molecule has 13 rings (SSSR count). The lowest BCUT2D eigenvalue weighted by molar-refractivity contribution is 0.473. The normalized spacial score (nSPS) is 15.1. The highest BCUT2D eigenvalue weighted by Gasteiger charge is 2.57. The Morgan fingerprint density at radius 3 is 1.71 bits per heavy atom. The molecular weight excluding hydrogens is 815 g/mol. The molecule has 1 aromatic heterocycles. The Balaban J connectivity index is 1.19. The fourth-order valence-electron chi connectivity index (χ4n) is 11.6. The van der Waals surface area contributed by atoms with Crippen molar-refractivity contribution in [2.75, 3.05) is 9.80 Å². The van der Waals surface area contributed by atoms with Crippen molar-refractivity contribution in [1.29, 1.82) is 0 Å². The second-order valence-electron chi connectivity index (χ2n) is 18.0. The molecule has 316 valence electrons. The summed E-state index contributed by atoms with van der Waals surface area (Å²) in [7, 11) is 0. The lowest BCUT2D eigenvalue weighted by Crippen LogP contribution is -2.33. The number of hydrogen-bond acceptors (Lipinski definition) is 3. The average molecular weight is 857 g/mol. The topological polar surface area (TPSA) is 19.6 Å². The van der Waals surface area contributed by atoms with Crippen LogP contribution in [0.4, 0.5) is 37.2 Å². The van der Waals surface area contributed by atoms with Gasteiger partial charge in [-0.05, 0) is 143 Å². The molecule has 0 saturated heterocycles. The molecule has 3 aliphatic rings. The third-order valence-electron chi connectivity index (χ3n) is 14.3. The van der Waals surface area contributed by atoms with Crippen molar-refractivity contribution in [2.24, 2.45) is 0 Å². The minimum absolute atomic E-state index is 0.302. The monoisotopic (exact) mass is 856 g/mol. The van der Waals surface area contributed by atoms with Crippen LogP contribution in [0.2, 0.25) is 0 Å². The Labute approximate surface area is 382 Å². The van der Waals surface area contributed by atoms with E-state index >= 15 is 8.78 Å². The molecule has 0 radical (unpaired) electrons. The molecule has 1 spiro atoms. The second-order valence-corrected chi connectivity index (χ2v) is 18.0. The van der Waals surface area contributed by atoms with Crippen LogP contribution in [0.5, 0.6) is 0 Å². The number of fused-ring (bicyclic) bond motifs is 15. The van der Waals surface area contributed by atoms with E-state index in [9.17, 15) is 0 Å². The van der Waals surface area contributed by atoms with Gasteiger partial charge in [-0.2, -0.15) is 0 Å². The first kappa shape index (κ1) is 38.4. The Bertz CT molecular complexity index is 3590. The van der Waals surface area contributed by atoms with Gasteiger partial charge in [-0.15, -0.1) is 0 Å². The van der Waals surface area contributed by atoms with Gasteiger partial charge in [-0.1, -0.05) is 139 Å². The SMILES string of the molecule is Cc1ccc(N(c2cccc(F)c2)c2cc3c(c4ccccc24)C2=C(CC(N(c4ccc(C)cc4)c4cccc(F)c4)c4oc5ccccc5c42)C32c3ccccc3-c3ccccc32)cc1. The number of furan rings is 1. The van der Waals surface area contributed by atoms with E-state index in [1.54, 1.807) is 24.3 Å². The van der Waals surface area contributed by atoms with Crippen LogP contribution in [0, 0.1) is 25.5 Å². The van der Waals surface area contributed by atoms with Crippen molar-refractivity contribution < 1.29 is 13.2 Å². The third kappa shape index (κ3) is 5.46. The first-order valence-corrected chi connectivity index (χ1v) is 22.6.